The van der Waals surface area contributed by atoms with Crippen LogP contribution in [0.5, 0.6) is 0 Å². The van der Waals surface area contributed by atoms with Gasteiger partial charge >= 0.3 is 0 Å². The normalized spacial score (nSPS) is 54.5. The smallest absolute Gasteiger partial charge is 0.293 e. The lowest BCUT2D eigenvalue weighted by molar-refractivity contribution is -0.252. The Kier molecular flexibility index (Phi) is 4.47. The summed E-state index contributed by atoms with van der Waals surface area (Å²) in [6, 6.07) is 0. The van der Waals surface area contributed by atoms with Gasteiger partial charge in [0.1, 0.15) is 5.60 Å². The second kappa shape index (κ2) is 6.15. The van der Waals surface area contributed by atoms with Crippen LogP contribution in [-0.4, -0.2) is 35.3 Å². The Labute approximate surface area is 156 Å². The second-order valence-electron chi connectivity index (χ2n) is 9.86. The number of thioether (sulfide) groups is 1. The Bertz CT molecular complexity index is 539. The van der Waals surface area contributed by atoms with Crippen LogP contribution >= 0.6 is 11.8 Å². The molecule has 3 nitrogen and oxygen atoms in total. The molecule has 2 bridgehead atoms. The first-order chi connectivity index (χ1) is 11.9. The van der Waals surface area contributed by atoms with E-state index in [2.05, 4.69) is 20.1 Å². The molecular weight excluding hydrogens is 332 g/mol. The van der Waals surface area contributed by atoms with Gasteiger partial charge in [0, 0.05) is 5.92 Å². The van der Waals surface area contributed by atoms with Crippen molar-refractivity contribution in [3.05, 3.63) is 0 Å². The maximum atomic E-state index is 11.4. The SMILES string of the molecule is CSC[C@@H]1[C@H]2CC[C@@]3(CC[C@H]4[C@@](C)(CCC[C@@]4(C)OC=O)[C@@H]3C2)[C@H]1O. The van der Waals surface area contributed by atoms with Gasteiger partial charge in [-0.1, -0.05) is 6.92 Å². The molecule has 0 amide bonds. The third-order valence-electron chi connectivity index (χ3n) is 9.11. The van der Waals surface area contributed by atoms with Gasteiger partial charge in [0.15, 0.2) is 0 Å². The van der Waals surface area contributed by atoms with Crippen LogP contribution in [-0.2, 0) is 9.53 Å². The van der Waals surface area contributed by atoms with Crippen LogP contribution in [0.15, 0.2) is 0 Å². The first-order valence-electron chi connectivity index (χ1n) is 10.2. The van der Waals surface area contributed by atoms with Crippen molar-refractivity contribution in [2.24, 2.45) is 34.5 Å². The van der Waals surface area contributed by atoms with Crippen LogP contribution < -0.4 is 0 Å². The topological polar surface area (TPSA) is 46.5 Å². The minimum Gasteiger partial charge on any atom is -0.461 e. The van der Waals surface area contributed by atoms with Crippen molar-refractivity contribution in [2.45, 2.75) is 76.9 Å². The highest BCUT2D eigenvalue weighted by Gasteiger charge is 2.67. The van der Waals surface area contributed by atoms with Crippen LogP contribution in [0.25, 0.3) is 0 Å². The van der Waals surface area contributed by atoms with Crippen molar-refractivity contribution in [1.29, 1.82) is 0 Å². The van der Waals surface area contributed by atoms with E-state index in [9.17, 15) is 9.90 Å². The predicted molar refractivity (Wildman–Crippen MR) is 101 cm³/mol. The van der Waals surface area contributed by atoms with Crippen LogP contribution in [0.2, 0.25) is 0 Å². The number of fused-ring (bicyclic) bond motifs is 3. The Hall–Kier alpha value is -0.220. The first-order valence-corrected chi connectivity index (χ1v) is 11.6. The summed E-state index contributed by atoms with van der Waals surface area (Å²) in [7, 11) is 0. The van der Waals surface area contributed by atoms with Crippen LogP contribution in [0.4, 0.5) is 0 Å². The predicted octanol–water partition coefficient (Wildman–Crippen LogP) is 4.27. The number of carbonyl (C=O) groups excluding carboxylic acids is 1. The fraction of sp³-hybridized carbons (Fsp3) is 0.952. The molecule has 0 aromatic heterocycles. The van der Waals surface area contributed by atoms with Gasteiger partial charge in [0.25, 0.3) is 6.47 Å². The standard InChI is InChI=1S/C21H34O3S/c1-19-7-4-8-20(2,24-13-22)16(19)6-10-21-9-5-14(11-17(19)21)15(12-25-3)18(21)23/h13-18,23H,4-12H2,1-3H3/t14-,15+,16-,17-,18-,19+,20+,21-/m0/s1. The summed E-state index contributed by atoms with van der Waals surface area (Å²) in [5.74, 6) is 3.32. The van der Waals surface area contributed by atoms with E-state index in [0.29, 0.717) is 30.1 Å². The lowest BCUT2D eigenvalue weighted by Gasteiger charge is -2.69. The van der Waals surface area contributed by atoms with E-state index in [1.54, 1.807) is 0 Å². The molecule has 1 N–H and O–H groups in total. The van der Waals surface area contributed by atoms with Crippen molar-refractivity contribution >= 4 is 18.2 Å². The number of rotatable bonds is 4. The van der Waals surface area contributed by atoms with Gasteiger partial charge in [-0.15, -0.1) is 0 Å². The van der Waals surface area contributed by atoms with E-state index < -0.39 is 0 Å². The number of carbonyl (C=O) groups is 1. The molecule has 5 saturated carbocycles. The van der Waals surface area contributed by atoms with Gasteiger partial charge < -0.3 is 9.84 Å². The minimum atomic E-state index is -0.309. The van der Waals surface area contributed by atoms with Crippen molar-refractivity contribution in [3.8, 4) is 0 Å². The number of hydrogen-bond acceptors (Lipinski definition) is 4. The average molecular weight is 367 g/mol. The molecule has 142 valence electrons. The lowest BCUT2D eigenvalue weighted by Crippen LogP contribution is -2.67. The molecular formula is C21H34O3S. The quantitative estimate of drug-likeness (QED) is 0.755. The molecule has 5 aliphatic rings. The zero-order chi connectivity index (χ0) is 17.9. The fourth-order valence-electron chi connectivity index (χ4n) is 8.09. The lowest BCUT2D eigenvalue weighted by atomic mass is 9.36. The Balaban J connectivity index is 1.69. The summed E-state index contributed by atoms with van der Waals surface area (Å²) in [5, 5.41) is 11.4. The maximum Gasteiger partial charge on any atom is 0.293 e. The molecule has 0 aromatic carbocycles. The molecule has 0 unspecified atom stereocenters. The molecule has 1 spiro atoms. The molecule has 0 aromatic rings. The minimum absolute atomic E-state index is 0.125. The summed E-state index contributed by atoms with van der Waals surface area (Å²) in [4.78, 5) is 11.2. The molecule has 4 heteroatoms. The summed E-state index contributed by atoms with van der Waals surface area (Å²) >= 11 is 1.90. The van der Waals surface area contributed by atoms with E-state index in [1.165, 1.54) is 25.7 Å². The zero-order valence-electron chi connectivity index (χ0n) is 16.0. The number of aliphatic hydroxyl groups excluding tert-OH is 1. The van der Waals surface area contributed by atoms with Crippen LogP contribution in [0, 0.1) is 34.5 Å². The van der Waals surface area contributed by atoms with Gasteiger partial charge in [0.05, 0.1) is 6.10 Å². The van der Waals surface area contributed by atoms with E-state index in [0.717, 1.165) is 31.4 Å². The molecule has 0 saturated heterocycles. The fourth-order valence-corrected chi connectivity index (χ4v) is 8.93. The van der Waals surface area contributed by atoms with E-state index in [-0.39, 0.29) is 22.5 Å². The Morgan fingerprint density at radius 2 is 1.92 bits per heavy atom. The summed E-state index contributed by atoms with van der Waals surface area (Å²) in [5.41, 5.74) is 0.0226. The summed E-state index contributed by atoms with van der Waals surface area (Å²) in [6.07, 6.45) is 11.4. The monoisotopic (exact) mass is 366 g/mol. The van der Waals surface area contributed by atoms with Gasteiger partial charge in [0.2, 0.25) is 0 Å². The molecule has 25 heavy (non-hydrogen) atoms. The molecule has 0 radical (unpaired) electrons. The number of hydrogen-bond donors (Lipinski definition) is 1. The van der Waals surface area contributed by atoms with Gasteiger partial charge in [-0.25, -0.2) is 0 Å². The average Bonchev–Trinajstić information content (AvgIpc) is 2.58. The van der Waals surface area contributed by atoms with Crippen LogP contribution in [0.1, 0.15) is 65.2 Å². The molecule has 0 heterocycles. The van der Waals surface area contributed by atoms with Gasteiger partial charge in [-0.2, -0.15) is 11.8 Å². The number of ether oxygens (including phenoxy) is 1. The second-order valence-corrected chi connectivity index (χ2v) is 10.8. The molecule has 5 aliphatic carbocycles. The highest BCUT2D eigenvalue weighted by atomic mass is 32.2. The summed E-state index contributed by atoms with van der Waals surface area (Å²) in [6.45, 7) is 5.30. The molecule has 5 fully saturated rings. The largest absolute Gasteiger partial charge is 0.461 e. The summed E-state index contributed by atoms with van der Waals surface area (Å²) < 4.78 is 5.70. The van der Waals surface area contributed by atoms with Crippen molar-refractivity contribution < 1.29 is 14.6 Å². The van der Waals surface area contributed by atoms with Gasteiger partial charge in [-0.05, 0) is 98.9 Å². The van der Waals surface area contributed by atoms with Gasteiger partial charge in [-0.3, -0.25) is 4.79 Å². The highest BCUT2D eigenvalue weighted by molar-refractivity contribution is 7.98. The van der Waals surface area contributed by atoms with Crippen molar-refractivity contribution in [3.63, 3.8) is 0 Å². The third-order valence-corrected chi connectivity index (χ3v) is 9.82. The first kappa shape index (κ1) is 18.2. The zero-order valence-corrected chi connectivity index (χ0v) is 16.8. The van der Waals surface area contributed by atoms with Crippen LogP contribution in [0.3, 0.4) is 0 Å². The third kappa shape index (κ3) is 2.38. The molecule has 0 aliphatic heterocycles. The van der Waals surface area contributed by atoms with Crippen molar-refractivity contribution in [2.75, 3.05) is 12.0 Å². The highest BCUT2D eigenvalue weighted by Crippen LogP contribution is 2.71. The molecule has 8 atom stereocenters. The van der Waals surface area contributed by atoms with E-state index in [1.807, 2.05) is 11.8 Å². The van der Waals surface area contributed by atoms with Crippen molar-refractivity contribution in [1.82, 2.24) is 0 Å². The Morgan fingerprint density at radius 1 is 1.16 bits per heavy atom. The van der Waals surface area contributed by atoms with E-state index >= 15 is 0 Å². The number of aliphatic hydroxyl groups is 1. The Morgan fingerprint density at radius 3 is 2.64 bits per heavy atom. The molecule has 5 rings (SSSR count). The van der Waals surface area contributed by atoms with E-state index in [4.69, 9.17) is 4.74 Å². The maximum absolute atomic E-state index is 11.4.